The second kappa shape index (κ2) is 7.73. The minimum Gasteiger partial charge on any atom is -0.492 e. The Morgan fingerprint density at radius 1 is 1.19 bits per heavy atom. The Balaban J connectivity index is 1.49. The number of amides is 1. The minimum absolute atomic E-state index is 0.0154. The Bertz CT molecular complexity index is 846. The molecule has 2 aromatic carbocycles. The number of benzene rings is 2. The van der Waals surface area contributed by atoms with Crippen LogP contribution in [0.5, 0.6) is 5.75 Å². The third-order valence-electron chi connectivity index (χ3n) is 5.86. The van der Waals surface area contributed by atoms with Crippen molar-refractivity contribution in [3.63, 3.8) is 0 Å². The number of ether oxygens (including phenoxy) is 1. The van der Waals surface area contributed by atoms with Crippen LogP contribution in [0.2, 0.25) is 0 Å². The summed E-state index contributed by atoms with van der Waals surface area (Å²) in [6, 6.07) is 13.1. The lowest BCUT2D eigenvalue weighted by atomic mass is 9.94. The minimum atomic E-state index is -0.0154. The monoisotopic (exact) mass is 364 g/mol. The highest BCUT2D eigenvalue weighted by molar-refractivity contribution is 5.97. The van der Waals surface area contributed by atoms with Gasteiger partial charge in [-0.1, -0.05) is 44.2 Å². The van der Waals surface area contributed by atoms with Gasteiger partial charge in [0, 0.05) is 25.6 Å². The molecule has 4 rings (SSSR count). The fourth-order valence-electron chi connectivity index (χ4n) is 4.27. The number of aryl methyl sites for hydroxylation is 1. The lowest BCUT2D eigenvalue weighted by Gasteiger charge is -2.36. The summed E-state index contributed by atoms with van der Waals surface area (Å²) < 4.78 is 5.76. The van der Waals surface area contributed by atoms with Gasteiger partial charge in [0.15, 0.2) is 0 Å². The molecule has 2 aliphatic rings. The average molecular weight is 364 g/mol. The molecule has 0 radical (unpaired) electrons. The van der Waals surface area contributed by atoms with Gasteiger partial charge in [-0.05, 0) is 47.7 Å². The predicted octanol–water partition coefficient (Wildman–Crippen LogP) is 3.36. The van der Waals surface area contributed by atoms with Crippen molar-refractivity contribution >= 4 is 5.91 Å². The summed E-state index contributed by atoms with van der Waals surface area (Å²) in [5.41, 5.74) is 5.87. The summed E-state index contributed by atoms with van der Waals surface area (Å²) in [6.45, 7) is 7.58. The summed E-state index contributed by atoms with van der Waals surface area (Å²) in [6.07, 6.45) is 2.80. The quantitative estimate of drug-likeness (QED) is 0.885. The van der Waals surface area contributed by atoms with Crippen molar-refractivity contribution < 1.29 is 9.53 Å². The first-order valence-electron chi connectivity index (χ1n) is 10.1. The van der Waals surface area contributed by atoms with Gasteiger partial charge < -0.3 is 10.1 Å². The summed E-state index contributed by atoms with van der Waals surface area (Å²) in [4.78, 5) is 15.4. The summed E-state index contributed by atoms with van der Waals surface area (Å²) in [5, 5.41) is 3.18. The van der Waals surface area contributed by atoms with E-state index in [1.807, 2.05) is 6.07 Å². The molecule has 0 bridgehead atoms. The maximum atomic E-state index is 12.9. The molecule has 0 aromatic heterocycles. The van der Waals surface area contributed by atoms with Crippen LogP contribution in [0.4, 0.5) is 0 Å². The third-order valence-corrected chi connectivity index (χ3v) is 5.86. The van der Waals surface area contributed by atoms with Crippen LogP contribution in [-0.2, 0) is 25.8 Å². The molecule has 0 aliphatic carbocycles. The Kier molecular flexibility index (Phi) is 5.17. The number of nitrogens with one attached hydrogen (secondary N) is 1. The zero-order chi connectivity index (χ0) is 18.8. The van der Waals surface area contributed by atoms with E-state index < -0.39 is 0 Å². The van der Waals surface area contributed by atoms with E-state index in [-0.39, 0.29) is 5.91 Å². The van der Waals surface area contributed by atoms with Crippen LogP contribution in [0.3, 0.4) is 0 Å². The van der Waals surface area contributed by atoms with Crippen LogP contribution < -0.4 is 10.1 Å². The molecule has 0 saturated heterocycles. The van der Waals surface area contributed by atoms with Gasteiger partial charge in [-0.2, -0.15) is 0 Å². The molecule has 142 valence electrons. The highest BCUT2D eigenvalue weighted by Crippen LogP contribution is 2.31. The molecule has 2 heterocycles. The third kappa shape index (κ3) is 3.59. The molecular weight excluding hydrogens is 336 g/mol. The van der Waals surface area contributed by atoms with Crippen LogP contribution >= 0.6 is 0 Å². The van der Waals surface area contributed by atoms with Gasteiger partial charge in [0.05, 0.1) is 12.2 Å². The maximum absolute atomic E-state index is 12.9. The van der Waals surface area contributed by atoms with E-state index in [1.54, 1.807) is 0 Å². The number of hydrogen-bond acceptors (Lipinski definition) is 3. The number of rotatable bonds is 5. The van der Waals surface area contributed by atoms with Gasteiger partial charge in [0.2, 0.25) is 0 Å². The molecule has 2 aromatic rings. The molecule has 1 amide bonds. The van der Waals surface area contributed by atoms with Gasteiger partial charge >= 0.3 is 0 Å². The molecule has 0 unspecified atom stereocenters. The molecule has 0 spiro atoms. The van der Waals surface area contributed by atoms with Crippen molar-refractivity contribution in [2.45, 2.75) is 45.7 Å². The van der Waals surface area contributed by atoms with Crippen molar-refractivity contribution in [2.24, 2.45) is 0 Å². The van der Waals surface area contributed by atoms with Crippen molar-refractivity contribution in [1.82, 2.24) is 10.2 Å². The largest absolute Gasteiger partial charge is 0.492 e. The van der Waals surface area contributed by atoms with Gasteiger partial charge in [0.25, 0.3) is 5.91 Å². The first kappa shape index (κ1) is 18.1. The molecule has 27 heavy (non-hydrogen) atoms. The van der Waals surface area contributed by atoms with Crippen LogP contribution in [0, 0.1) is 0 Å². The molecule has 4 nitrogen and oxygen atoms in total. The van der Waals surface area contributed by atoms with Crippen molar-refractivity contribution in [1.29, 1.82) is 0 Å². The first-order valence-corrected chi connectivity index (χ1v) is 10.1. The van der Waals surface area contributed by atoms with E-state index >= 15 is 0 Å². The van der Waals surface area contributed by atoms with E-state index in [4.69, 9.17) is 4.74 Å². The molecular formula is C23H28N2O2. The number of hydrogen-bond donors (Lipinski definition) is 1. The zero-order valence-corrected chi connectivity index (χ0v) is 16.3. The first-order chi connectivity index (χ1) is 13.2. The topological polar surface area (TPSA) is 41.6 Å². The van der Waals surface area contributed by atoms with Crippen LogP contribution in [0.25, 0.3) is 0 Å². The van der Waals surface area contributed by atoms with Crippen LogP contribution in [0.15, 0.2) is 36.4 Å². The predicted molar refractivity (Wildman–Crippen MR) is 107 cm³/mol. The number of nitrogens with zero attached hydrogens (tertiary/aromatic N) is 1. The molecule has 4 heteroatoms. The lowest BCUT2D eigenvalue weighted by Crippen LogP contribution is -2.47. The molecule has 0 fully saturated rings. The smallest absolute Gasteiger partial charge is 0.255 e. The fraction of sp³-hybridized carbons (Fsp3) is 0.435. The Morgan fingerprint density at radius 2 is 2.00 bits per heavy atom. The lowest BCUT2D eigenvalue weighted by molar-refractivity contribution is 0.0924. The Hall–Kier alpha value is -2.33. The summed E-state index contributed by atoms with van der Waals surface area (Å²) in [7, 11) is 0. The molecule has 0 saturated carbocycles. The van der Waals surface area contributed by atoms with E-state index in [1.165, 1.54) is 22.3 Å². The Morgan fingerprint density at radius 3 is 2.78 bits per heavy atom. The maximum Gasteiger partial charge on any atom is 0.255 e. The van der Waals surface area contributed by atoms with Gasteiger partial charge in [-0.25, -0.2) is 0 Å². The highest BCUT2D eigenvalue weighted by Gasteiger charge is 2.27. The molecule has 1 N–H and O–H groups in total. The van der Waals surface area contributed by atoms with E-state index in [0.29, 0.717) is 24.8 Å². The highest BCUT2D eigenvalue weighted by atomic mass is 16.5. The number of likely N-dealkylation sites (N-methyl/N-ethyl adjacent to an activating group) is 1. The van der Waals surface area contributed by atoms with Crippen LogP contribution in [-0.4, -0.2) is 36.5 Å². The zero-order valence-electron chi connectivity index (χ0n) is 16.3. The second-order valence-electron chi connectivity index (χ2n) is 7.48. The van der Waals surface area contributed by atoms with E-state index in [2.05, 4.69) is 54.4 Å². The van der Waals surface area contributed by atoms with Crippen molar-refractivity contribution in [3.05, 3.63) is 64.2 Å². The molecule has 2 aliphatic heterocycles. The van der Waals surface area contributed by atoms with Gasteiger partial charge in [-0.3, -0.25) is 9.69 Å². The normalized spacial score (nSPS) is 18.5. The summed E-state index contributed by atoms with van der Waals surface area (Å²) in [5.74, 6) is 0.768. The number of carbonyl (C=O) groups excluding carboxylic acids is 1. The van der Waals surface area contributed by atoms with Crippen molar-refractivity contribution in [3.8, 4) is 5.75 Å². The standard InChI is InChI=1S/C23H28N2O2/c1-3-16-11-18-9-10-27-22(18)21(12-16)23(26)24-14-20-13-17-7-5-6-8-19(17)15-25(20)4-2/h5-8,11-12,20H,3-4,9-10,13-15H2,1-2H3,(H,24,26)/t20-/m0/s1. The van der Waals surface area contributed by atoms with Gasteiger partial charge in [-0.15, -0.1) is 0 Å². The van der Waals surface area contributed by atoms with Crippen molar-refractivity contribution in [2.75, 3.05) is 19.7 Å². The van der Waals surface area contributed by atoms with Crippen LogP contribution in [0.1, 0.15) is 46.5 Å². The summed E-state index contributed by atoms with van der Waals surface area (Å²) >= 11 is 0. The Labute approximate surface area is 161 Å². The second-order valence-corrected chi connectivity index (χ2v) is 7.48. The fourth-order valence-corrected chi connectivity index (χ4v) is 4.27. The number of fused-ring (bicyclic) bond motifs is 2. The molecule has 1 atom stereocenters. The SMILES string of the molecule is CCc1cc2c(c(C(=O)NC[C@@H]3Cc4ccccc4CN3CC)c1)OCC2. The van der Waals surface area contributed by atoms with E-state index in [9.17, 15) is 4.79 Å². The van der Waals surface area contributed by atoms with Gasteiger partial charge in [0.1, 0.15) is 5.75 Å². The average Bonchev–Trinajstić information content (AvgIpc) is 3.19. The number of carbonyl (C=O) groups is 1. The van der Waals surface area contributed by atoms with E-state index in [0.717, 1.165) is 38.1 Å².